The van der Waals surface area contributed by atoms with Crippen molar-refractivity contribution >= 4 is 50.4 Å². The molecule has 0 aliphatic rings. The maximum atomic E-state index is 5.42. The van der Waals surface area contributed by atoms with Gasteiger partial charge in [0.1, 0.15) is 4.60 Å². The Bertz CT molecular complexity index is 1400. The van der Waals surface area contributed by atoms with Gasteiger partial charge in [-0.1, -0.05) is 68.4 Å². The van der Waals surface area contributed by atoms with E-state index in [-0.39, 0.29) is 0 Å². The summed E-state index contributed by atoms with van der Waals surface area (Å²) >= 11 is 3.19. The van der Waals surface area contributed by atoms with Crippen LogP contribution in [-0.2, 0) is 12.8 Å². The summed E-state index contributed by atoms with van der Waals surface area (Å²) < 4.78 is 0.631. The highest BCUT2D eigenvalue weighted by Crippen LogP contribution is 2.24. The van der Waals surface area contributed by atoms with Crippen LogP contribution in [0.15, 0.2) is 108 Å². The number of nitrogens with one attached hydrogen (secondary N) is 2. The monoisotopic (exact) mass is 584 g/mol. The van der Waals surface area contributed by atoms with E-state index in [0.717, 1.165) is 47.1 Å². The maximum absolute atomic E-state index is 5.42. The molecule has 0 saturated heterocycles. The third-order valence-corrected chi connectivity index (χ3v) is 5.81. The number of anilines is 6. The SMILES string of the molecule is CCc1cnc(N)c(Br)n1.CCc1cnc(Nc2ccccc2)c(Nc2ccccc2)n1.Nc1ccccc1. The van der Waals surface area contributed by atoms with E-state index in [1.54, 1.807) is 12.4 Å². The van der Waals surface area contributed by atoms with Crippen LogP contribution < -0.4 is 22.1 Å². The third-order valence-electron chi connectivity index (χ3n) is 5.23. The molecule has 8 nitrogen and oxygen atoms in total. The number of halogens is 1. The number of rotatable bonds is 6. The lowest BCUT2D eigenvalue weighted by Gasteiger charge is -2.13. The predicted octanol–water partition coefficient (Wildman–Crippen LogP) is 7.18. The van der Waals surface area contributed by atoms with E-state index in [2.05, 4.69) is 53.4 Å². The number of nitrogens with two attached hydrogens (primary N) is 2. The first-order valence-corrected chi connectivity index (χ1v) is 13.3. The Kier molecular flexibility index (Phi) is 11.7. The summed E-state index contributed by atoms with van der Waals surface area (Å²) in [7, 11) is 0. The van der Waals surface area contributed by atoms with E-state index >= 15 is 0 Å². The molecule has 2 heterocycles. The molecule has 3 aromatic carbocycles. The van der Waals surface area contributed by atoms with E-state index in [1.807, 2.05) is 97.9 Å². The molecule has 0 aliphatic heterocycles. The molecule has 6 N–H and O–H groups in total. The van der Waals surface area contributed by atoms with Crippen molar-refractivity contribution < 1.29 is 0 Å². The summed E-state index contributed by atoms with van der Waals surface area (Å²) in [5.41, 5.74) is 15.5. The minimum atomic E-state index is 0.442. The average Bonchev–Trinajstić information content (AvgIpc) is 2.97. The van der Waals surface area contributed by atoms with Crippen molar-refractivity contribution in [2.45, 2.75) is 26.7 Å². The maximum Gasteiger partial charge on any atom is 0.174 e. The fourth-order valence-corrected chi connectivity index (χ4v) is 3.45. The van der Waals surface area contributed by atoms with Crippen molar-refractivity contribution in [1.82, 2.24) is 19.9 Å². The van der Waals surface area contributed by atoms with Gasteiger partial charge in [0.2, 0.25) is 0 Å². The fraction of sp³-hybridized carbons (Fsp3) is 0.133. The molecular formula is C30H33BrN8. The van der Waals surface area contributed by atoms with Crippen molar-refractivity contribution in [2.75, 3.05) is 22.1 Å². The first kappa shape index (κ1) is 29.1. The van der Waals surface area contributed by atoms with Crippen LogP contribution in [0.2, 0.25) is 0 Å². The van der Waals surface area contributed by atoms with Crippen molar-refractivity contribution in [3.8, 4) is 0 Å². The van der Waals surface area contributed by atoms with Crippen molar-refractivity contribution in [3.63, 3.8) is 0 Å². The molecule has 39 heavy (non-hydrogen) atoms. The minimum absolute atomic E-state index is 0.442. The van der Waals surface area contributed by atoms with Gasteiger partial charge in [0.25, 0.3) is 0 Å². The fourth-order valence-electron chi connectivity index (χ4n) is 3.12. The lowest BCUT2D eigenvalue weighted by atomic mass is 10.3. The first-order chi connectivity index (χ1) is 19.0. The number of aryl methyl sites for hydroxylation is 2. The second kappa shape index (κ2) is 15.7. The smallest absolute Gasteiger partial charge is 0.174 e. The van der Waals surface area contributed by atoms with Crippen LogP contribution in [0, 0.1) is 0 Å². The normalized spacial score (nSPS) is 9.82. The molecule has 0 amide bonds. The Labute approximate surface area is 238 Å². The zero-order valence-corrected chi connectivity index (χ0v) is 23.6. The Morgan fingerprint density at radius 2 is 1.08 bits per heavy atom. The van der Waals surface area contributed by atoms with Gasteiger partial charge in [-0.05, 0) is 65.2 Å². The highest BCUT2D eigenvalue weighted by molar-refractivity contribution is 9.10. The number of benzene rings is 3. The van der Waals surface area contributed by atoms with Gasteiger partial charge in [0, 0.05) is 17.1 Å². The zero-order chi connectivity index (χ0) is 27.9. The van der Waals surface area contributed by atoms with Gasteiger partial charge < -0.3 is 22.1 Å². The average molecular weight is 586 g/mol. The van der Waals surface area contributed by atoms with Crippen LogP contribution in [0.5, 0.6) is 0 Å². The molecule has 0 spiro atoms. The lowest BCUT2D eigenvalue weighted by Crippen LogP contribution is -2.04. The van der Waals surface area contributed by atoms with E-state index in [0.29, 0.717) is 16.2 Å². The summed E-state index contributed by atoms with van der Waals surface area (Å²) in [6.07, 6.45) is 5.22. The van der Waals surface area contributed by atoms with Crippen LogP contribution in [0.3, 0.4) is 0 Å². The predicted molar refractivity (Wildman–Crippen MR) is 165 cm³/mol. The molecule has 0 bridgehead atoms. The summed E-state index contributed by atoms with van der Waals surface area (Å²) in [6, 6.07) is 29.4. The standard InChI is InChI=1S/C18H18N4.C6H8BrN3.C6H7N/c1-2-14-13-19-17(21-15-9-5-3-6-10-15)18(20-14)22-16-11-7-4-8-12-16;1-2-4-3-9-6(8)5(7)10-4;7-6-4-2-1-3-5-6/h3-13H,2H2,1H3,(H,19,21)(H,20,22);3H,2H2,1H3,(H2,8,9);1-5H,7H2. The molecule has 0 unspecified atom stereocenters. The molecule has 5 aromatic rings. The van der Waals surface area contributed by atoms with Gasteiger partial charge in [-0.2, -0.15) is 0 Å². The summed E-state index contributed by atoms with van der Waals surface area (Å²) in [6.45, 7) is 4.09. The van der Waals surface area contributed by atoms with Crippen LogP contribution in [-0.4, -0.2) is 19.9 Å². The Morgan fingerprint density at radius 1 is 0.615 bits per heavy atom. The van der Waals surface area contributed by atoms with Gasteiger partial charge in [0.05, 0.1) is 23.8 Å². The number of nitrogen functional groups attached to an aromatic ring is 2. The molecule has 0 saturated carbocycles. The minimum Gasteiger partial charge on any atom is -0.399 e. The van der Waals surface area contributed by atoms with Crippen molar-refractivity contribution in [3.05, 3.63) is 119 Å². The number of hydrogen-bond acceptors (Lipinski definition) is 8. The van der Waals surface area contributed by atoms with Gasteiger partial charge in [-0.3, -0.25) is 0 Å². The number of para-hydroxylation sites is 3. The molecule has 0 atom stereocenters. The molecule has 0 fully saturated rings. The van der Waals surface area contributed by atoms with E-state index in [4.69, 9.17) is 11.5 Å². The highest BCUT2D eigenvalue weighted by atomic mass is 79.9. The third kappa shape index (κ3) is 10.1. The molecule has 0 aliphatic carbocycles. The van der Waals surface area contributed by atoms with Crippen molar-refractivity contribution in [1.29, 1.82) is 0 Å². The molecule has 5 rings (SSSR count). The van der Waals surface area contributed by atoms with Crippen molar-refractivity contribution in [2.24, 2.45) is 0 Å². The van der Waals surface area contributed by atoms with E-state index < -0.39 is 0 Å². The molecule has 200 valence electrons. The highest BCUT2D eigenvalue weighted by Gasteiger charge is 2.08. The molecule has 9 heteroatoms. The number of aromatic nitrogens is 4. The number of nitrogens with zero attached hydrogens (tertiary/aromatic N) is 4. The van der Waals surface area contributed by atoms with Crippen LogP contribution in [0.4, 0.5) is 34.5 Å². The van der Waals surface area contributed by atoms with Gasteiger partial charge in [-0.25, -0.2) is 19.9 Å². The molecule has 2 aromatic heterocycles. The van der Waals surface area contributed by atoms with Gasteiger partial charge in [0.15, 0.2) is 17.5 Å². The van der Waals surface area contributed by atoms with Crippen LogP contribution >= 0.6 is 15.9 Å². The summed E-state index contributed by atoms with van der Waals surface area (Å²) in [5, 5.41) is 6.64. The number of hydrogen-bond donors (Lipinski definition) is 4. The second-order valence-corrected chi connectivity index (χ2v) is 8.95. The Balaban J connectivity index is 0.000000202. The second-order valence-electron chi connectivity index (χ2n) is 8.20. The molecule has 0 radical (unpaired) electrons. The largest absolute Gasteiger partial charge is 0.399 e. The van der Waals surface area contributed by atoms with Gasteiger partial charge >= 0.3 is 0 Å². The van der Waals surface area contributed by atoms with Crippen LogP contribution in [0.1, 0.15) is 25.2 Å². The zero-order valence-electron chi connectivity index (χ0n) is 22.1. The quantitative estimate of drug-likeness (QED) is 0.154. The van der Waals surface area contributed by atoms with E-state index in [9.17, 15) is 0 Å². The molecular weight excluding hydrogens is 552 g/mol. The Morgan fingerprint density at radius 3 is 1.54 bits per heavy atom. The lowest BCUT2D eigenvalue weighted by molar-refractivity contribution is 0.989. The van der Waals surface area contributed by atoms with E-state index in [1.165, 1.54) is 0 Å². The van der Waals surface area contributed by atoms with Gasteiger partial charge in [-0.15, -0.1) is 0 Å². The Hall–Kier alpha value is -4.50. The van der Waals surface area contributed by atoms with Crippen LogP contribution in [0.25, 0.3) is 0 Å². The summed E-state index contributed by atoms with van der Waals surface area (Å²) in [4.78, 5) is 17.2. The first-order valence-electron chi connectivity index (χ1n) is 12.6. The summed E-state index contributed by atoms with van der Waals surface area (Å²) in [5.74, 6) is 1.89. The topological polar surface area (TPSA) is 128 Å².